The molecule has 2 N–H and O–H groups in total. The van der Waals surface area contributed by atoms with E-state index in [0.717, 1.165) is 29.6 Å². The smallest absolute Gasteiger partial charge is 0.166 e. The van der Waals surface area contributed by atoms with Gasteiger partial charge in [-0.3, -0.25) is 0 Å². The van der Waals surface area contributed by atoms with E-state index in [0.29, 0.717) is 24.7 Å². The second-order valence-corrected chi connectivity index (χ2v) is 7.15. The molecule has 4 nitrogen and oxygen atoms in total. The lowest BCUT2D eigenvalue weighted by molar-refractivity contribution is 0.280. The number of H-pyrrole nitrogens is 1. The number of hydrogen-bond acceptors (Lipinski definition) is 3. The van der Waals surface area contributed by atoms with Crippen LogP contribution in [0.2, 0.25) is 0 Å². The Morgan fingerprint density at radius 2 is 1.74 bits per heavy atom. The number of aromatic amines is 1. The molecular formula is C25H26ClFN2O2. The van der Waals surface area contributed by atoms with Gasteiger partial charge in [-0.05, 0) is 48.4 Å². The van der Waals surface area contributed by atoms with E-state index in [2.05, 4.69) is 34.7 Å². The molecule has 0 fully saturated rings. The largest absolute Gasteiger partial charge is 0.493 e. The van der Waals surface area contributed by atoms with Crippen LogP contribution >= 0.6 is 12.4 Å². The van der Waals surface area contributed by atoms with Crippen molar-refractivity contribution in [1.29, 1.82) is 0 Å². The minimum Gasteiger partial charge on any atom is -0.493 e. The summed E-state index contributed by atoms with van der Waals surface area (Å²) in [5, 5.41) is 4.77. The van der Waals surface area contributed by atoms with Gasteiger partial charge in [-0.1, -0.05) is 42.5 Å². The van der Waals surface area contributed by atoms with Crippen molar-refractivity contribution in [2.24, 2.45) is 0 Å². The van der Waals surface area contributed by atoms with Gasteiger partial charge in [-0.25, -0.2) is 4.39 Å². The average Bonchev–Trinajstić information content (AvgIpc) is 3.19. The SMILES string of the molecule is COc1cccc(CNCCc2c[nH]c3ccccc23)c1OCc1ccc(F)cc1.Cl. The van der Waals surface area contributed by atoms with Gasteiger partial charge >= 0.3 is 0 Å². The van der Waals surface area contributed by atoms with Gasteiger partial charge in [0.05, 0.1) is 7.11 Å². The lowest BCUT2D eigenvalue weighted by Gasteiger charge is -2.16. The molecule has 0 atom stereocenters. The van der Waals surface area contributed by atoms with E-state index in [1.54, 1.807) is 19.2 Å². The van der Waals surface area contributed by atoms with Crippen molar-refractivity contribution in [3.05, 3.63) is 95.4 Å². The number of para-hydroxylation sites is 2. The van der Waals surface area contributed by atoms with Crippen molar-refractivity contribution in [3.8, 4) is 11.5 Å². The van der Waals surface area contributed by atoms with Gasteiger partial charge in [0.2, 0.25) is 0 Å². The van der Waals surface area contributed by atoms with Gasteiger partial charge in [0, 0.05) is 29.2 Å². The van der Waals surface area contributed by atoms with Crippen LogP contribution in [0.4, 0.5) is 4.39 Å². The summed E-state index contributed by atoms with van der Waals surface area (Å²) in [4.78, 5) is 3.32. The summed E-state index contributed by atoms with van der Waals surface area (Å²) in [5.74, 6) is 1.15. The zero-order valence-electron chi connectivity index (χ0n) is 17.4. The predicted molar refractivity (Wildman–Crippen MR) is 125 cm³/mol. The van der Waals surface area contributed by atoms with Crippen LogP contribution < -0.4 is 14.8 Å². The molecule has 1 aromatic heterocycles. The van der Waals surface area contributed by atoms with Crippen molar-refractivity contribution in [3.63, 3.8) is 0 Å². The van der Waals surface area contributed by atoms with E-state index in [4.69, 9.17) is 9.47 Å². The molecule has 0 saturated heterocycles. The zero-order chi connectivity index (χ0) is 20.8. The fourth-order valence-corrected chi connectivity index (χ4v) is 3.55. The zero-order valence-corrected chi connectivity index (χ0v) is 18.2. The second-order valence-electron chi connectivity index (χ2n) is 7.15. The van der Waals surface area contributed by atoms with Crippen molar-refractivity contribution < 1.29 is 13.9 Å². The standard InChI is InChI=1S/C25H25FN2O2.ClH/c1-29-24-8-4-5-20(25(24)30-17-18-9-11-21(26)12-10-18)15-27-14-13-19-16-28-23-7-3-2-6-22(19)23;/h2-12,16,27-28H,13-15,17H2,1H3;1H. The summed E-state index contributed by atoms with van der Waals surface area (Å²) in [7, 11) is 1.63. The first-order chi connectivity index (χ1) is 14.7. The Morgan fingerprint density at radius 3 is 2.55 bits per heavy atom. The van der Waals surface area contributed by atoms with Gasteiger partial charge in [0.15, 0.2) is 11.5 Å². The van der Waals surface area contributed by atoms with Crippen LogP contribution in [0.25, 0.3) is 10.9 Å². The molecule has 1 heterocycles. The van der Waals surface area contributed by atoms with Crippen LogP contribution in [-0.2, 0) is 19.6 Å². The molecular weight excluding hydrogens is 415 g/mol. The summed E-state index contributed by atoms with van der Waals surface area (Å²) < 4.78 is 24.7. The molecule has 4 rings (SSSR count). The first kappa shape index (κ1) is 22.7. The molecule has 31 heavy (non-hydrogen) atoms. The molecule has 0 aliphatic carbocycles. The highest BCUT2D eigenvalue weighted by molar-refractivity contribution is 5.85. The lowest BCUT2D eigenvalue weighted by Crippen LogP contribution is -2.17. The number of fused-ring (bicyclic) bond motifs is 1. The number of ether oxygens (including phenoxy) is 2. The Morgan fingerprint density at radius 1 is 0.935 bits per heavy atom. The van der Waals surface area contributed by atoms with Crippen LogP contribution in [0.3, 0.4) is 0 Å². The highest BCUT2D eigenvalue weighted by Crippen LogP contribution is 2.32. The van der Waals surface area contributed by atoms with E-state index < -0.39 is 0 Å². The fourth-order valence-electron chi connectivity index (χ4n) is 3.55. The number of methoxy groups -OCH3 is 1. The second kappa shape index (κ2) is 10.8. The summed E-state index contributed by atoms with van der Waals surface area (Å²) in [6.45, 7) is 1.86. The maximum Gasteiger partial charge on any atom is 0.166 e. The van der Waals surface area contributed by atoms with E-state index in [1.807, 2.05) is 24.3 Å². The van der Waals surface area contributed by atoms with E-state index in [1.165, 1.54) is 23.1 Å². The topological polar surface area (TPSA) is 46.3 Å². The molecule has 0 aliphatic heterocycles. The van der Waals surface area contributed by atoms with Gasteiger partial charge in [-0.2, -0.15) is 0 Å². The molecule has 3 aromatic carbocycles. The van der Waals surface area contributed by atoms with Gasteiger partial charge < -0.3 is 19.8 Å². The minimum atomic E-state index is -0.254. The number of rotatable bonds is 9. The number of halogens is 2. The van der Waals surface area contributed by atoms with Crippen LogP contribution in [0, 0.1) is 5.82 Å². The third-order valence-corrected chi connectivity index (χ3v) is 5.14. The van der Waals surface area contributed by atoms with E-state index in [-0.39, 0.29) is 18.2 Å². The summed E-state index contributed by atoms with van der Waals surface area (Å²) in [5.41, 5.74) is 4.39. The molecule has 162 valence electrons. The Bertz CT molecular complexity index is 1110. The summed E-state index contributed by atoms with van der Waals surface area (Å²) in [6.07, 6.45) is 3.01. The summed E-state index contributed by atoms with van der Waals surface area (Å²) >= 11 is 0. The molecule has 0 radical (unpaired) electrons. The first-order valence-electron chi connectivity index (χ1n) is 10.0. The van der Waals surface area contributed by atoms with Crippen molar-refractivity contribution >= 4 is 23.3 Å². The normalized spacial score (nSPS) is 10.6. The number of hydrogen-bond donors (Lipinski definition) is 2. The predicted octanol–water partition coefficient (Wildman–Crippen LogP) is 5.65. The van der Waals surface area contributed by atoms with Gasteiger partial charge in [0.1, 0.15) is 12.4 Å². The molecule has 0 amide bonds. The Hall–Kier alpha value is -3.02. The fraction of sp³-hybridized carbons (Fsp3) is 0.200. The average molecular weight is 441 g/mol. The molecule has 6 heteroatoms. The van der Waals surface area contributed by atoms with Gasteiger partial charge in [0.25, 0.3) is 0 Å². The number of benzene rings is 3. The van der Waals surface area contributed by atoms with Gasteiger partial charge in [-0.15, -0.1) is 12.4 Å². The molecule has 0 spiro atoms. The third-order valence-electron chi connectivity index (χ3n) is 5.14. The Kier molecular flexibility index (Phi) is 7.93. The molecule has 4 aromatic rings. The monoisotopic (exact) mass is 440 g/mol. The molecule has 0 aliphatic rings. The van der Waals surface area contributed by atoms with Crippen molar-refractivity contribution in [2.45, 2.75) is 19.6 Å². The maximum atomic E-state index is 13.1. The Balaban J connectivity index is 0.00000272. The van der Waals surface area contributed by atoms with E-state index in [9.17, 15) is 4.39 Å². The number of aromatic nitrogens is 1. The molecule has 0 unspecified atom stereocenters. The number of nitrogens with one attached hydrogen (secondary N) is 2. The first-order valence-corrected chi connectivity index (χ1v) is 10.0. The van der Waals surface area contributed by atoms with Crippen LogP contribution in [0.5, 0.6) is 11.5 Å². The van der Waals surface area contributed by atoms with Crippen molar-refractivity contribution in [1.82, 2.24) is 10.3 Å². The van der Waals surface area contributed by atoms with E-state index >= 15 is 0 Å². The molecule has 0 saturated carbocycles. The van der Waals surface area contributed by atoms with Crippen molar-refractivity contribution in [2.75, 3.05) is 13.7 Å². The third kappa shape index (κ3) is 5.57. The quantitative estimate of drug-likeness (QED) is 0.331. The highest BCUT2D eigenvalue weighted by Gasteiger charge is 2.11. The summed E-state index contributed by atoms with van der Waals surface area (Å²) in [6, 6.07) is 20.5. The maximum absolute atomic E-state index is 13.1. The Labute approximate surface area is 187 Å². The van der Waals surface area contributed by atoms with Crippen LogP contribution in [0.15, 0.2) is 72.9 Å². The minimum absolute atomic E-state index is 0. The lowest BCUT2D eigenvalue weighted by atomic mass is 10.1. The van der Waals surface area contributed by atoms with Crippen LogP contribution in [-0.4, -0.2) is 18.6 Å². The highest BCUT2D eigenvalue weighted by atomic mass is 35.5. The molecule has 0 bridgehead atoms. The van der Waals surface area contributed by atoms with Crippen LogP contribution in [0.1, 0.15) is 16.7 Å².